The Kier molecular flexibility index (Phi) is 7.57. The van der Waals surface area contributed by atoms with Crippen molar-refractivity contribution in [3.05, 3.63) is 58.9 Å². The number of carboxylic acid groups (broad SMARTS) is 1. The maximum Gasteiger partial charge on any atom is 0.338 e. The zero-order valence-electron chi connectivity index (χ0n) is 16.0. The van der Waals surface area contributed by atoms with Crippen molar-refractivity contribution in [3.63, 3.8) is 0 Å². The van der Waals surface area contributed by atoms with Gasteiger partial charge in [0.15, 0.2) is 0 Å². The van der Waals surface area contributed by atoms with Gasteiger partial charge in [-0.1, -0.05) is 43.5 Å². The first-order valence-electron chi connectivity index (χ1n) is 9.15. The number of carboxylic acids is 1. The number of benzene rings is 2. The second kappa shape index (κ2) is 9.89. The number of rotatable bonds is 7. The summed E-state index contributed by atoms with van der Waals surface area (Å²) in [5, 5.41) is 8.94. The molecule has 3 nitrogen and oxygen atoms in total. The lowest BCUT2D eigenvalue weighted by Crippen LogP contribution is -2.05. The van der Waals surface area contributed by atoms with Gasteiger partial charge in [-0.3, -0.25) is 0 Å². The summed E-state index contributed by atoms with van der Waals surface area (Å²) in [4.78, 5) is 10.9. The van der Waals surface area contributed by atoms with Crippen LogP contribution in [0.3, 0.4) is 0 Å². The average molecular weight is 368 g/mol. The fourth-order valence-corrected chi connectivity index (χ4v) is 2.74. The van der Waals surface area contributed by atoms with Gasteiger partial charge >= 0.3 is 5.97 Å². The highest BCUT2D eigenvalue weighted by Gasteiger charge is 2.12. The Balaban J connectivity index is 2.06. The molecule has 0 amide bonds. The maximum atomic E-state index is 13.9. The lowest BCUT2D eigenvalue weighted by atomic mass is 9.97. The van der Waals surface area contributed by atoms with Crippen molar-refractivity contribution in [1.82, 2.24) is 0 Å². The first-order valence-corrected chi connectivity index (χ1v) is 9.15. The van der Waals surface area contributed by atoms with Gasteiger partial charge in [0.25, 0.3) is 0 Å². The van der Waals surface area contributed by atoms with Crippen molar-refractivity contribution in [2.45, 2.75) is 52.7 Å². The minimum absolute atomic E-state index is 0.125. The van der Waals surface area contributed by atoms with Gasteiger partial charge in [-0.2, -0.15) is 0 Å². The van der Waals surface area contributed by atoms with Gasteiger partial charge in [0, 0.05) is 6.42 Å². The maximum absolute atomic E-state index is 13.9. The zero-order chi connectivity index (χ0) is 19.8. The van der Waals surface area contributed by atoms with Gasteiger partial charge in [0.1, 0.15) is 11.9 Å². The van der Waals surface area contributed by atoms with Crippen molar-refractivity contribution in [3.8, 4) is 23.0 Å². The zero-order valence-corrected chi connectivity index (χ0v) is 16.0. The number of halogens is 1. The van der Waals surface area contributed by atoms with Gasteiger partial charge in [-0.15, -0.1) is 5.92 Å². The summed E-state index contributed by atoms with van der Waals surface area (Å²) in [6.45, 7) is 6.47. The minimum atomic E-state index is -1.27. The molecule has 142 valence electrons. The number of unbranched alkanes of at least 4 members (excludes halogenated alkanes) is 2. The molecule has 0 saturated carbocycles. The molecule has 0 aliphatic heterocycles. The molecule has 0 radical (unpaired) electrons. The summed E-state index contributed by atoms with van der Waals surface area (Å²) >= 11 is 0. The fourth-order valence-electron chi connectivity index (χ4n) is 2.74. The van der Waals surface area contributed by atoms with Crippen molar-refractivity contribution >= 4 is 5.97 Å². The lowest BCUT2D eigenvalue weighted by Gasteiger charge is -2.11. The molecule has 0 aromatic heterocycles. The summed E-state index contributed by atoms with van der Waals surface area (Å²) in [5.74, 6) is 4.23. The van der Waals surface area contributed by atoms with Crippen LogP contribution in [0.4, 0.5) is 4.39 Å². The summed E-state index contributed by atoms with van der Waals surface area (Å²) in [7, 11) is 0. The largest absolute Gasteiger partial charge is 0.478 e. The Bertz CT molecular complexity index is 862. The molecule has 2 aromatic rings. The highest BCUT2D eigenvalue weighted by atomic mass is 19.1. The summed E-state index contributed by atoms with van der Waals surface area (Å²) < 4.78 is 19.7. The Hall–Kier alpha value is -2.64. The second-order valence-corrected chi connectivity index (χ2v) is 6.53. The van der Waals surface area contributed by atoms with E-state index in [0.717, 1.165) is 36.0 Å². The van der Waals surface area contributed by atoms with E-state index in [1.807, 2.05) is 32.0 Å². The third kappa shape index (κ3) is 5.94. The lowest BCUT2D eigenvalue weighted by molar-refractivity contribution is 0.0692. The molecule has 27 heavy (non-hydrogen) atoms. The number of aryl methyl sites for hydroxylation is 1. The van der Waals surface area contributed by atoms with Gasteiger partial charge in [-0.25, -0.2) is 9.18 Å². The Morgan fingerprint density at radius 2 is 2.04 bits per heavy atom. The van der Waals surface area contributed by atoms with Crippen LogP contribution >= 0.6 is 0 Å². The summed E-state index contributed by atoms with van der Waals surface area (Å²) in [6.07, 6.45) is 3.02. The van der Waals surface area contributed by atoms with Crippen molar-refractivity contribution in [1.29, 1.82) is 0 Å². The molecule has 0 aliphatic rings. The van der Waals surface area contributed by atoms with Gasteiger partial charge in [0.05, 0.1) is 12.2 Å². The van der Waals surface area contributed by atoms with Crippen LogP contribution in [0.2, 0.25) is 0 Å². The molecule has 0 aliphatic carbocycles. The van der Waals surface area contributed by atoms with Crippen LogP contribution in [0.15, 0.2) is 36.4 Å². The predicted octanol–water partition coefficient (Wildman–Crippen LogP) is 5.60. The van der Waals surface area contributed by atoms with E-state index in [-0.39, 0.29) is 11.7 Å². The molecule has 2 aromatic carbocycles. The number of ether oxygens (including phenoxy) is 1. The second-order valence-electron chi connectivity index (χ2n) is 6.53. The first-order chi connectivity index (χ1) is 12.9. The molecular formula is C23H25FO3. The minimum Gasteiger partial charge on any atom is -0.478 e. The molecule has 0 spiro atoms. The quantitative estimate of drug-likeness (QED) is 0.511. The number of aromatic carboxylic acids is 1. The van der Waals surface area contributed by atoms with Crippen molar-refractivity contribution in [2.24, 2.45) is 0 Å². The molecule has 1 unspecified atom stereocenters. The predicted molar refractivity (Wildman–Crippen MR) is 105 cm³/mol. The Labute approximate surface area is 160 Å². The highest BCUT2D eigenvalue weighted by molar-refractivity contribution is 5.88. The van der Waals surface area contributed by atoms with Crippen LogP contribution in [0.25, 0.3) is 11.1 Å². The van der Waals surface area contributed by atoms with E-state index in [9.17, 15) is 9.18 Å². The third-order valence-electron chi connectivity index (χ3n) is 4.26. The number of carbonyl (C=O) groups is 1. The molecule has 0 heterocycles. The topological polar surface area (TPSA) is 46.5 Å². The van der Waals surface area contributed by atoms with E-state index < -0.39 is 11.8 Å². The molecule has 1 atom stereocenters. The third-order valence-corrected chi connectivity index (χ3v) is 4.26. The van der Waals surface area contributed by atoms with Crippen LogP contribution in [0, 0.1) is 24.6 Å². The molecular weight excluding hydrogens is 343 g/mol. The van der Waals surface area contributed by atoms with E-state index in [2.05, 4.69) is 18.8 Å². The van der Waals surface area contributed by atoms with Crippen LogP contribution in [-0.4, -0.2) is 17.2 Å². The summed E-state index contributed by atoms with van der Waals surface area (Å²) in [6, 6.07) is 10.0. The van der Waals surface area contributed by atoms with Crippen LogP contribution < -0.4 is 0 Å². The van der Waals surface area contributed by atoms with Crippen LogP contribution in [0.5, 0.6) is 0 Å². The molecule has 4 heteroatoms. The number of hydrogen-bond acceptors (Lipinski definition) is 2. The SMILES string of the molecule is CCCCC#CC(C)OCc1ccc(-c2ccc(C(=O)O)c(F)c2)c(C)c1. The van der Waals surface area contributed by atoms with E-state index in [1.165, 1.54) is 12.1 Å². The smallest absolute Gasteiger partial charge is 0.338 e. The average Bonchev–Trinajstić information content (AvgIpc) is 2.63. The Morgan fingerprint density at radius 3 is 2.67 bits per heavy atom. The molecule has 0 saturated heterocycles. The molecule has 0 bridgehead atoms. The fraction of sp³-hybridized carbons (Fsp3) is 0.348. The normalized spacial score (nSPS) is 11.6. The highest BCUT2D eigenvalue weighted by Crippen LogP contribution is 2.26. The van der Waals surface area contributed by atoms with Gasteiger partial charge in [0.2, 0.25) is 0 Å². The van der Waals surface area contributed by atoms with Crippen LogP contribution in [0.1, 0.15) is 54.6 Å². The van der Waals surface area contributed by atoms with Gasteiger partial charge in [-0.05, 0) is 54.7 Å². The van der Waals surface area contributed by atoms with Crippen molar-refractivity contribution in [2.75, 3.05) is 0 Å². The molecule has 1 N–H and O–H groups in total. The van der Waals surface area contributed by atoms with Gasteiger partial charge < -0.3 is 9.84 Å². The van der Waals surface area contributed by atoms with E-state index in [4.69, 9.17) is 9.84 Å². The number of hydrogen-bond donors (Lipinski definition) is 1. The standard InChI is InChI=1S/C23H25FO3/c1-4-5-6-7-8-17(3)27-15-18-9-11-20(16(2)13-18)19-10-12-21(23(25)26)22(24)14-19/h9-14,17H,4-6,15H2,1-3H3,(H,25,26). The monoisotopic (exact) mass is 368 g/mol. The summed E-state index contributed by atoms with van der Waals surface area (Å²) in [5.41, 5.74) is 3.18. The first kappa shape index (κ1) is 20.7. The molecule has 2 rings (SSSR count). The van der Waals surface area contributed by atoms with E-state index >= 15 is 0 Å². The van der Waals surface area contributed by atoms with Crippen LogP contribution in [-0.2, 0) is 11.3 Å². The van der Waals surface area contributed by atoms with E-state index in [1.54, 1.807) is 6.07 Å². The van der Waals surface area contributed by atoms with Crippen molar-refractivity contribution < 1.29 is 19.0 Å². The Morgan fingerprint density at radius 1 is 1.26 bits per heavy atom. The molecule has 0 fully saturated rings. The van der Waals surface area contributed by atoms with E-state index in [0.29, 0.717) is 12.2 Å².